The number of phosphoric ester groups is 1. The number of carbonyl (C=O) groups excluding carboxylic acids is 1. The summed E-state index contributed by atoms with van der Waals surface area (Å²) in [7, 11) is 1.85. The number of allylic oxidation sites excluding steroid dienone is 3. The summed E-state index contributed by atoms with van der Waals surface area (Å²) in [6.45, 7) is 15.7. The molecule has 0 aromatic rings. The molecule has 4 aliphatic rings. The second kappa shape index (κ2) is 16.9. The molecule has 3 saturated carbocycles. The molecule has 0 spiro atoms. The molecule has 278 valence electrons. The first-order valence-electron chi connectivity index (χ1n) is 18.7. The van der Waals surface area contributed by atoms with Gasteiger partial charge in [0.25, 0.3) is 0 Å². The molecule has 0 aromatic carbocycles. The van der Waals surface area contributed by atoms with Crippen molar-refractivity contribution in [3.63, 3.8) is 0 Å². The Morgan fingerprint density at radius 3 is 2.44 bits per heavy atom. The predicted molar refractivity (Wildman–Crippen MR) is 192 cm³/mol. The molecule has 10 heteroatoms. The van der Waals surface area contributed by atoms with E-state index in [1.165, 1.54) is 44.1 Å². The predicted octanol–water partition coefficient (Wildman–Crippen LogP) is 8.59. The summed E-state index contributed by atoms with van der Waals surface area (Å²) in [6.07, 6.45) is 18.1. The van der Waals surface area contributed by atoms with Gasteiger partial charge in [0.1, 0.15) is 19.3 Å². The van der Waals surface area contributed by atoms with Crippen molar-refractivity contribution in [3.8, 4) is 0 Å². The minimum Gasteiger partial charge on any atom is -0.870 e. The standard InChI is InChI=1S/C38H67N2O6P.H2O/c1-10-29(27(2)3)13-12-28(4)33-16-17-34-32-15-14-30-26-31(18-20-37(30,5)35(32)19-21-38(33,34)6)46-36(41)39-22-11-24-44-47(42,43)45-25-23-40(7,8)9;/h12-14,27-29,31-35H,10-11,15-26H2,1-9H3,(H-,39,41,42,43);1H2/b13-12+;/t28-,29-,31+,32+,33-,34+,35+,37+,38-;/m1./s1. The van der Waals surface area contributed by atoms with Crippen molar-refractivity contribution >= 4 is 13.9 Å². The Hall–Kier alpha value is -1.22. The molecular formula is C38H69N2O7P. The molecule has 48 heavy (non-hydrogen) atoms. The van der Waals surface area contributed by atoms with Crippen LogP contribution in [0.5, 0.6) is 0 Å². The number of ether oxygens (including phenoxy) is 1. The maximum atomic E-state index is 12.6. The van der Waals surface area contributed by atoms with Crippen LogP contribution in [0.3, 0.4) is 0 Å². The third-order valence-electron chi connectivity index (χ3n) is 12.9. The molecule has 0 aromatic heterocycles. The van der Waals surface area contributed by atoms with Gasteiger partial charge in [0.05, 0.1) is 27.7 Å². The van der Waals surface area contributed by atoms with Gasteiger partial charge in [-0.25, -0.2) is 9.36 Å². The number of alkyl carbamates (subject to hydrolysis) is 1. The Balaban J connectivity index is 0.00000625. The molecule has 0 heterocycles. The quantitative estimate of drug-likeness (QED) is 0.0761. The van der Waals surface area contributed by atoms with Crippen LogP contribution in [0.4, 0.5) is 4.79 Å². The van der Waals surface area contributed by atoms with E-state index in [1.54, 1.807) is 0 Å². The van der Waals surface area contributed by atoms with Crippen LogP contribution in [0.2, 0.25) is 0 Å². The maximum Gasteiger partial charge on any atom is 0.472 e. The van der Waals surface area contributed by atoms with Crippen molar-refractivity contribution in [2.24, 2.45) is 52.3 Å². The van der Waals surface area contributed by atoms with E-state index >= 15 is 0 Å². The van der Waals surface area contributed by atoms with E-state index < -0.39 is 13.9 Å². The van der Waals surface area contributed by atoms with Crippen LogP contribution >= 0.6 is 7.82 Å². The molecule has 0 aliphatic heterocycles. The zero-order chi connectivity index (χ0) is 34.6. The van der Waals surface area contributed by atoms with Gasteiger partial charge in [0.15, 0.2) is 0 Å². The Morgan fingerprint density at radius 2 is 1.77 bits per heavy atom. The molecule has 1 unspecified atom stereocenters. The second-order valence-electron chi connectivity index (χ2n) is 17.2. The number of phosphoric acid groups is 1. The fourth-order valence-corrected chi connectivity index (χ4v) is 10.8. The third kappa shape index (κ3) is 9.97. The number of nitrogens with zero attached hydrogens (tertiary/aromatic N) is 1. The fraction of sp³-hybridized carbons (Fsp3) is 0.868. The highest BCUT2D eigenvalue weighted by atomic mass is 31.2. The van der Waals surface area contributed by atoms with Gasteiger partial charge in [-0.2, -0.15) is 0 Å². The van der Waals surface area contributed by atoms with Crippen molar-refractivity contribution in [1.82, 2.24) is 5.32 Å². The molecule has 0 bridgehead atoms. The number of amides is 1. The number of quaternary nitrogens is 1. The van der Waals surface area contributed by atoms with Crippen LogP contribution in [0.25, 0.3) is 0 Å². The maximum absolute atomic E-state index is 12.6. The molecule has 9 nitrogen and oxygen atoms in total. The molecule has 1 amide bonds. The minimum absolute atomic E-state index is 0. The highest BCUT2D eigenvalue weighted by molar-refractivity contribution is 7.47. The van der Waals surface area contributed by atoms with Crippen molar-refractivity contribution in [2.45, 2.75) is 112 Å². The Bertz CT molecular complexity index is 1170. The van der Waals surface area contributed by atoms with Gasteiger partial charge in [0.2, 0.25) is 0 Å². The first kappa shape index (κ1) is 41.2. The highest BCUT2D eigenvalue weighted by Crippen LogP contribution is 2.67. The number of hydrogen-bond acceptors (Lipinski definition) is 6. The summed E-state index contributed by atoms with van der Waals surface area (Å²) in [5, 5.41) is 2.79. The lowest BCUT2D eigenvalue weighted by atomic mass is 9.47. The Kier molecular flexibility index (Phi) is 14.5. The van der Waals surface area contributed by atoms with Gasteiger partial charge in [0, 0.05) is 13.0 Å². The molecule has 0 saturated heterocycles. The number of nitrogens with one attached hydrogen (secondary N) is 1. The van der Waals surface area contributed by atoms with Crippen LogP contribution in [-0.2, 0) is 18.3 Å². The van der Waals surface area contributed by atoms with Gasteiger partial charge in [-0.3, -0.25) is 9.05 Å². The van der Waals surface area contributed by atoms with Crippen molar-refractivity contribution in [2.75, 3.05) is 47.4 Å². The molecule has 3 fully saturated rings. The van der Waals surface area contributed by atoms with E-state index in [0.29, 0.717) is 47.2 Å². The summed E-state index contributed by atoms with van der Waals surface area (Å²) in [5.41, 5.74) is 2.15. The van der Waals surface area contributed by atoms with Gasteiger partial charge >= 0.3 is 13.9 Å². The summed E-state index contributed by atoms with van der Waals surface area (Å²) in [5.74, 6) is 5.10. The third-order valence-corrected chi connectivity index (χ3v) is 13.9. The molecule has 4 aliphatic carbocycles. The second-order valence-corrected chi connectivity index (χ2v) is 18.7. The van der Waals surface area contributed by atoms with E-state index in [1.807, 2.05) is 21.1 Å². The average Bonchev–Trinajstić information content (AvgIpc) is 3.33. The zero-order valence-electron chi connectivity index (χ0n) is 31.6. The average molecular weight is 697 g/mol. The van der Waals surface area contributed by atoms with Crippen LogP contribution in [0.15, 0.2) is 23.8 Å². The molecule has 3 N–H and O–H groups in total. The molecule has 0 radical (unpaired) electrons. The molecule has 10 atom stereocenters. The van der Waals surface area contributed by atoms with Crippen LogP contribution in [0.1, 0.15) is 106 Å². The number of likely N-dealkylation sites (N-methyl/N-ethyl adjacent to an activating group) is 1. The Morgan fingerprint density at radius 1 is 1.06 bits per heavy atom. The normalized spacial score (nSPS) is 34.2. The zero-order valence-corrected chi connectivity index (χ0v) is 32.5. The molecular weight excluding hydrogens is 627 g/mol. The lowest BCUT2D eigenvalue weighted by molar-refractivity contribution is -0.870. The van der Waals surface area contributed by atoms with Crippen molar-refractivity contribution in [3.05, 3.63) is 23.8 Å². The Labute approximate surface area is 292 Å². The number of hydrogen-bond donors (Lipinski definition) is 2. The summed E-state index contributed by atoms with van der Waals surface area (Å²) in [6, 6.07) is 0. The number of carbonyl (C=O) groups is 1. The first-order chi connectivity index (χ1) is 22.0. The van der Waals surface area contributed by atoms with Crippen molar-refractivity contribution in [1.29, 1.82) is 0 Å². The largest absolute Gasteiger partial charge is 0.870 e. The van der Waals surface area contributed by atoms with E-state index in [-0.39, 0.29) is 30.2 Å². The van der Waals surface area contributed by atoms with Crippen LogP contribution in [-0.4, -0.2) is 74.5 Å². The summed E-state index contributed by atoms with van der Waals surface area (Å²) < 4.78 is 28.6. The number of rotatable bonds is 15. The monoisotopic (exact) mass is 696 g/mol. The smallest absolute Gasteiger partial charge is 0.472 e. The summed E-state index contributed by atoms with van der Waals surface area (Å²) >= 11 is 0. The van der Waals surface area contributed by atoms with E-state index in [9.17, 15) is 14.3 Å². The topological polar surface area (TPSA) is 124 Å². The lowest BCUT2D eigenvalue weighted by Gasteiger charge is -2.58. The van der Waals surface area contributed by atoms with Gasteiger partial charge in [-0.15, -0.1) is 0 Å². The first-order valence-corrected chi connectivity index (χ1v) is 20.2. The number of fused-ring (bicyclic) bond motifs is 5. The van der Waals surface area contributed by atoms with Crippen LogP contribution in [0, 0.1) is 52.3 Å². The molecule has 4 rings (SSSR count). The highest BCUT2D eigenvalue weighted by Gasteiger charge is 2.59. The van der Waals surface area contributed by atoms with E-state index in [0.717, 1.165) is 42.9 Å². The van der Waals surface area contributed by atoms with Gasteiger partial charge in [-0.1, -0.05) is 65.3 Å². The SMILES string of the molecule is CC[C@H](/C=C/[C@@H](C)[C@H]1CC[C@H]2[C@@H]3CC=C4C[C@@H](OC(=O)NCCCOP(=O)(O)OCC[N+](C)(C)C)CC[C@]4(C)[C@H]3CC[C@]12C)C(C)C.[OH-]. The van der Waals surface area contributed by atoms with Gasteiger partial charge < -0.3 is 24.9 Å². The lowest BCUT2D eigenvalue weighted by Crippen LogP contribution is -2.51. The summed E-state index contributed by atoms with van der Waals surface area (Å²) in [4.78, 5) is 22.5. The van der Waals surface area contributed by atoms with E-state index in [4.69, 9.17) is 13.8 Å². The minimum atomic E-state index is -4.09. The van der Waals surface area contributed by atoms with Gasteiger partial charge in [-0.05, 0) is 110 Å². The van der Waals surface area contributed by atoms with Crippen molar-refractivity contribution < 1.29 is 38.0 Å². The van der Waals surface area contributed by atoms with E-state index in [2.05, 4.69) is 65.1 Å². The van der Waals surface area contributed by atoms with Crippen LogP contribution < -0.4 is 5.32 Å². The fourth-order valence-electron chi connectivity index (χ4n) is 10.0.